The fraction of sp³-hybridized carbons (Fsp3) is 0.600. The number of alkyl halides is 1. The lowest BCUT2D eigenvalue weighted by molar-refractivity contribution is 0.0926. The van der Waals surface area contributed by atoms with Crippen LogP contribution in [-0.4, -0.2) is 27.1 Å². The van der Waals surface area contributed by atoms with Gasteiger partial charge in [-0.25, -0.2) is 0 Å². The van der Waals surface area contributed by atoms with Crippen LogP contribution in [0.1, 0.15) is 29.0 Å². The van der Waals surface area contributed by atoms with Crippen molar-refractivity contribution < 1.29 is 4.79 Å². The highest BCUT2D eigenvalue weighted by Crippen LogP contribution is 2.36. The van der Waals surface area contributed by atoms with Gasteiger partial charge in [0, 0.05) is 12.9 Å². The zero-order valence-corrected chi connectivity index (χ0v) is 9.64. The Hall–Kier alpha value is -1.03. The predicted octanol–water partition coefficient (Wildman–Crippen LogP) is 1.23. The van der Waals surface area contributed by atoms with Gasteiger partial charge in [-0.3, -0.25) is 9.48 Å². The molecular formula is C10H14ClN3O. The molecule has 0 aliphatic heterocycles. The molecule has 1 aliphatic rings. The Morgan fingerprint density at radius 2 is 2.40 bits per heavy atom. The highest BCUT2D eigenvalue weighted by Gasteiger charge is 2.43. The molecule has 1 saturated carbocycles. The minimum absolute atomic E-state index is 0.0868. The summed E-state index contributed by atoms with van der Waals surface area (Å²) in [5, 5.41) is 7.09. The lowest BCUT2D eigenvalue weighted by Gasteiger charge is -2.13. The molecule has 4 nitrogen and oxygen atoms in total. The first-order valence-corrected chi connectivity index (χ1v) is 5.49. The Morgan fingerprint density at radius 1 is 1.73 bits per heavy atom. The standard InChI is InChI=1S/C10H14ClN3O/c1-7-5-8(14(2)13-7)9(15)12-10(6-11)3-4-10/h5H,3-4,6H2,1-2H3,(H,12,15). The highest BCUT2D eigenvalue weighted by atomic mass is 35.5. The van der Waals surface area contributed by atoms with E-state index in [1.165, 1.54) is 0 Å². The smallest absolute Gasteiger partial charge is 0.270 e. The summed E-state index contributed by atoms with van der Waals surface area (Å²) in [4.78, 5) is 11.9. The normalized spacial score (nSPS) is 17.5. The van der Waals surface area contributed by atoms with Crippen LogP contribution in [0.25, 0.3) is 0 Å². The minimum Gasteiger partial charge on any atom is -0.344 e. The Balaban J connectivity index is 2.11. The molecule has 1 fully saturated rings. The monoisotopic (exact) mass is 227 g/mol. The van der Waals surface area contributed by atoms with E-state index in [1.807, 2.05) is 6.92 Å². The second kappa shape index (κ2) is 3.52. The summed E-state index contributed by atoms with van der Waals surface area (Å²) >= 11 is 5.80. The van der Waals surface area contributed by atoms with Gasteiger partial charge in [-0.15, -0.1) is 11.6 Å². The van der Waals surface area contributed by atoms with Gasteiger partial charge in [0.05, 0.1) is 11.2 Å². The van der Waals surface area contributed by atoms with Gasteiger partial charge in [0.15, 0.2) is 0 Å². The average molecular weight is 228 g/mol. The van der Waals surface area contributed by atoms with Crippen LogP contribution >= 0.6 is 11.6 Å². The number of hydrogen-bond donors (Lipinski definition) is 1. The van der Waals surface area contributed by atoms with Crippen molar-refractivity contribution in [3.05, 3.63) is 17.5 Å². The highest BCUT2D eigenvalue weighted by molar-refractivity contribution is 6.19. The van der Waals surface area contributed by atoms with Crippen LogP contribution < -0.4 is 5.32 Å². The topological polar surface area (TPSA) is 46.9 Å². The van der Waals surface area contributed by atoms with Gasteiger partial charge < -0.3 is 5.32 Å². The number of hydrogen-bond acceptors (Lipinski definition) is 2. The number of aromatic nitrogens is 2. The number of aryl methyl sites for hydroxylation is 2. The van der Waals surface area contributed by atoms with E-state index in [2.05, 4.69) is 10.4 Å². The summed E-state index contributed by atoms with van der Waals surface area (Å²) in [6.07, 6.45) is 1.94. The fourth-order valence-electron chi connectivity index (χ4n) is 1.57. The molecule has 0 radical (unpaired) electrons. The maximum Gasteiger partial charge on any atom is 0.270 e. The van der Waals surface area contributed by atoms with E-state index in [4.69, 9.17) is 11.6 Å². The maximum absolute atomic E-state index is 11.9. The zero-order chi connectivity index (χ0) is 11.1. The van der Waals surface area contributed by atoms with Gasteiger partial charge >= 0.3 is 0 Å². The molecule has 1 N–H and O–H groups in total. The van der Waals surface area contributed by atoms with Gasteiger partial charge in [0.2, 0.25) is 0 Å². The Kier molecular flexibility index (Phi) is 2.46. The molecule has 15 heavy (non-hydrogen) atoms. The molecular weight excluding hydrogens is 214 g/mol. The minimum atomic E-state index is -0.156. The van der Waals surface area contributed by atoms with Gasteiger partial charge in [0.1, 0.15) is 5.69 Å². The number of rotatable bonds is 3. The van der Waals surface area contributed by atoms with E-state index in [9.17, 15) is 4.79 Å². The molecule has 82 valence electrons. The quantitative estimate of drug-likeness (QED) is 0.790. The molecule has 0 saturated heterocycles. The largest absolute Gasteiger partial charge is 0.344 e. The number of carbonyl (C=O) groups is 1. The summed E-state index contributed by atoms with van der Waals surface area (Å²) in [5.74, 6) is 0.395. The van der Waals surface area contributed by atoms with Crippen molar-refractivity contribution in [1.82, 2.24) is 15.1 Å². The van der Waals surface area contributed by atoms with Crippen molar-refractivity contribution in [2.45, 2.75) is 25.3 Å². The van der Waals surface area contributed by atoms with Crippen molar-refractivity contribution in [3.8, 4) is 0 Å². The first-order valence-electron chi connectivity index (χ1n) is 4.95. The van der Waals surface area contributed by atoms with E-state index in [1.54, 1.807) is 17.8 Å². The second-order valence-corrected chi connectivity index (χ2v) is 4.43. The van der Waals surface area contributed by atoms with Crippen molar-refractivity contribution in [3.63, 3.8) is 0 Å². The number of nitrogens with zero attached hydrogens (tertiary/aromatic N) is 2. The SMILES string of the molecule is Cc1cc(C(=O)NC2(CCl)CC2)n(C)n1. The molecule has 1 amide bonds. The fourth-order valence-corrected chi connectivity index (χ4v) is 1.90. The lowest BCUT2D eigenvalue weighted by Crippen LogP contribution is -2.39. The molecule has 5 heteroatoms. The van der Waals surface area contributed by atoms with Crippen molar-refractivity contribution >= 4 is 17.5 Å². The maximum atomic E-state index is 11.9. The first kappa shape index (κ1) is 10.5. The Morgan fingerprint density at radius 3 is 2.80 bits per heavy atom. The molecule has 1 aromatic heterocycles. The molecule has 0 spiro atoms. The van der Waals surface area contributed by atoms with Crippen molar-refractivity contribution in [2.75, 3.05) is 5.88 Å². The molecule has 0 unspecified atom stereocenters. The summed E-state index contributed by atoms with van der Waals surface area (Å²) in [5.41, 5.74) is 1.28. The number of carbonyl (C=O) groups excluding carboxylic acids is 1. The van der Waals surface area contributed by atoms with Gasteiger partial charge in [-0.05, 0) is 25.8 Å². The van der Waals surface area contributed by atoms with Crippen LogP contribution in [0.15, 0.2) is 6.07 Å². The van der Waals surface area contributed by atoms with Crippen LogP contribution in [0, 0.1) is 6.92 Å². The molecule has 1 aliphatic carbocycles. The summed E-state index contributed by atoms with van der Waals surface area (Å²) in [7, 11) is 1.77. The van der Waals surface area contributed by atoms with Crippen molar-refractivity contribution in [1.29, 1.82) is 0 Å². The third kappa shape index (κ3) is 2.00. The number of halogens is 1. The van der Waals surface area contributed by atoms with Crippen molar-refractivity contribution in [2.24, 2.45) is 7.05 Å². The Labute approximate surface area is 93.6 Å². The third-order valence-electron chi connectivity index (χ3n) is 2.72. The molecule has 2 rings (SSSR count). The summed E-state index contributed by atoms with van der Waals surface area (Å²) in [6.45, 7) is 1.87. The molecule has 0 bridgehead atoms. The summed E-state index contributed by atoms with van der Waals surface area (Å²) < 4.78 is 1.59. The van der Waals surface area contributed by atoms with Crippen LogP contribution in [0.2, 0.25) is 0 Å². The zero-order valence-electron chi connectivity index (χ0n) is 8.88. The van der Waals surface area contributed by atoms with E-state index in [0.717, 1.165) is 18.5 Å². The molecule has 1 heterocycles. The van der Waals surface area contributed by atoms with Gasteiger partial charge in [0.25, 0.3) is 5.91 Å². The molecule has 0 aromatic carbocycles. The average Bonchev–Trinajstić information content (AvgIpc) is 2.86. The van der Waals surface area contributed by atoms with Crippen LogP contribution in [-0.2, 0) is 7.05 Å². The van der Waals surface area contributed by atoms with Gasteiger partial charge in [-0.2, -0.15) is 5.10 Å². The van der Waals surface area contributed by atoms with E-state index < -0.39 is 0 Å². The lowest BCUT2D eigenvalue weighted by atomic mass is 10.3. The first-order chi connectivity index (χ1) is 7.06. The Bertz CT molecular complexity index is 395. The third-order valence-corrected chi connectivity index (χ3v) is 3.23. The predicted molar refractivity (Wildman–Crippen MR) is 58.1 cm³/mol. The molecule has 0 atom stereocenters. The van der Waals surface area contributed by atoms with E-state index in [0.29, 0.717) is 11.6 Å². The van der Waals surface area contributed by atoms with Crippen LogP contribution in [0.4, 0.5) is 0 Å². The van der Waals surface area contributed by atoms with Crippen LogP contribution in [0.3, 0.4) is 0 Å². The van der Waals surface area contributed by atoms with Crippen LogP contribution in [0.5, 0.6) is 0 Å². The molecule has 1 aromatic rings. The summed E-state index contributed by atoms with van der Waals surface area (Å²) in [6, 6.07) is 1.78. The number of amides is 1. The van der Waals surface area contributed by atoms with Gasteiger partial charge in [-0.1, -0.05) is 0 Å². The van der Waals surface area contributed by atoms with E-state index in [-0.39, 0.29) is 11.4 Å². The second-order valence-electron chi connectivity index (χ2n) is 4.16. The van der Waals surface area contributed by atoms with E-state index >= 15 is 0 Å². The number of nitrogens with one attached hydrogen (secondary N) is 1.